The first kappa shape index (κ1) is 15.5. The Labute approximate surface area is 126 Å². The van der Waals surface area contributed by atoms with Crippen LogP contribution >= 0.6 is 0 Å². The number of hydrogen-bond acceptors (Lipinski definition) is 2. The molecule has 0 bridgehead atoms. The SMILES string of the molecule is CCNC(C)c1ccc(OCc2ccccc2F)c(C)c1. The van der Waals surface area contributed by atoms with Crippen LogP contribution in [-0.2, 0) is 6.61 Å². The van der Waals surface area contributed by atoms with Gasteiger partial charge in [-0.1, -0.05) is 37.3 Å². The second-order valence-corrected chi connectivity index (χ2v) is 5.18. The summed E-state index contributed by atoms with van der Waals surface area (Å²) in [7, 11) is 0. The minimum absolute atomic E-state index is 0.229. The molecular formula is C18H22FNO. The Hall–Kier alpha value is -1.87. The van der Waals surface area contributed by atoms with E-state index in [1.807, 2.05) is 19.1 Å². The van der Waals surface area contributed by atoms with Crippen LogP contribution in [0.1, 0.15) is 36.6 Å². The van der Waals surface area contributed by atoms with Crippen LogP contribution in [0.4, 0.5) is 4.39 Å². The quantitative estimate of drug-likeness (QED) is 0.851. The zero-order valence-electron chi connectivity index (χ0n) is 12.8. The fourth-order valence-electron chi connectivity index (χ4n) is 2.30. The van der Waals surface area contributed by atoms with Gasteiger partial charge in [0.15, 0.2) is 0 Å². The average Bonchev–Trinajstić information content (AvgIpc) is 2.47. The van der Waals surface area contributed by atoms with Gasteiger partial charge in [-0.2, -0.15) is 0 Å². The zero-order valence-corrected chi connectivity index (χ0v) is 12.8. The maximum atomic E-state index is 13.6. The Morgan fingerprint density at radius 1 is 1.19 bits per heavy atom. The molecule has 0 aliphatic heterocycles. The lowest BCUT2D eigenvalue weighted by Gasteiger charge is -2.16. The molecule has 0 saturated carbocycles. The van der Waals surface area contributed by atoms with Crippen LogP contribution in [-0.4, -0.2) is 6.54 Å². The Kier molecular flexibility index (Phi) is 5.34. The maximum absolute atomic E-state index is 13.6. The van der Waals surface area contributed by atoms with Crippen LogP contribution in [0.15, 0.2) is 42.5 Å². The molecule has 0 heterocycles. The van der Waals surface area contributed by atoms with Gasteiger partial charge in [-0.15, -0.1) is 0 Å². The van der Waals surface area contributed by atoms with E-state index < -0.39 is 0 Å². The van der Waals surface area contributed by atoms with Gasteiger partial charge in [-0.3, -0.25) is 0 Å². The second-order valence-electron chi connectivity index (χ2n) is 5.18. The third kappa shape index (κ3) is 4.05. The van der Waals surface area contributed by atoms with Gasteiger partial charge in [0.05, 0.1) is 0 Å². The van der Waals surface area contributed by atoms with Crippen molar-refractivity contribution in [3.63, 3.8) is 0 Å². The first-order valence-corrected chi connectivity index (χ1v) is 7.32. The molecule has 2 aromatic carbocycles. The van der Waals surface area contributed by atoms with Crippen LogP contribution in [0.2, 0.25) is 0 Å². The third-order valence-electron chi connectivity index (χ3n) is 3.55. The predicted octanol–water partition coefficient (Wildman–Crippen LogP) is 4.38. The molecule has 0 saturated heterocycles. The van der Waals surface area contributed by atoms with Gasteiger partial charge in [-0.05, 0) is 43.7 Å². The molecule has 2 rings (SSSR count). The van der Waals surface area contributed by atoms with E-state index in [1.165, 1.54) is 11.6 Å². The van der Waals surface area contributed by atoms with Crippen LogP contribution in [0.5, 0.6) is 5.75 Å². The Morgan fingerprint density at radius 3 is 2.62 bits per heavy atom. The second kappa shape index (κ2) is 7.23. The smallest absolute Gasteiger partial charge is 0.129 e. The Bertz CT molecular complexity index is 598. The monoisotopic (exact) mass is 287 g/mol. The molecule has 21 heavy (non-hydrogen) atoms. The van der Waals surface area contributed by atoms with Crippen molar-refractivity contribution in [1.29, 1.82) is 0 Å². The molecule has 0 fully saturated rings. The van der Waals surface area contributed by atoms with E-state index in [2.05, 4.69) is 31.3 Å². The van der Waals surface area contributed by atoms with Gasteiger partial charge in [0.25, 0.3) is 0 Å². The molecule has 1 atom stereocenters. The summed E-state index contributed by atoms with van der Waals surface area (Å²) >= 11 is 0. The third-order valence-corrected chi connectivity index (χ3v) is 3.55. The summed E-state index contributed by atoms with van der Waals surface area (Å²) in [5.74, 6) is 0.568. The predicted molar refractivity (Wildman–Crippen MR) is 84.0 cm³/mol. The standard InChI is InChI=1S/C18H22FNO/c1-4-20-14(3)15-9-10-18(13(2)11-15)21-12-16-7-5-6-8-17(16)19/h5-11,14,20H,4,12H2,1-3H3. The van der Waals surface area contributed by atoms with Crippen molar-refractivity contribution < 1.29 is 9.13 Å². The van der Waals surface area contributed by atoms with Gasteiger partial charge < -0.3 is 10.1 Å². The highest BCUT2D eigenvalue weighted by Gasteiger charge is 2.08. The van der Waals surface area contributed by atoms with E-state index in [1.54, 1.807) is 12.1 Å². The van der Waals surface area contributed by atoms with E-state index in [0.717, 1.165) is 17.9 Å². The van der Waals surface area contributed by atoms with Gasteiger partial charge >= 0.3 is 0 Å². The zero-order chi connectivity index (χ0) is 15.2. The molecule has 0 aliphatic rings. The summed E-state index contributed by atoms with van der Waals surface area (Å²) in [6.07, 6.45) is 0. The number of halogens is 1. The summed E-state index contributed by atoms with van der Waals surface area (Å²) in [6.45, 7) is 7.42. The average molecular weight is 287 g/mol. The number of nitrogens with one attached hydrogen (secondary N) is 1. The van der Waals surface area contributed by atoms with Crippen LogP contribution in [0.3, 0.4) is 0 Å². The van der Waals surface area contributed by atoms with E-state index in [4.69, 9.17) is 4.74 Å². The van der Waals surface area contributed by atoms with Crippen LogP contribution in [0, 0.1) is 12.7 Å². The first-order chi connectivity index (χ1) is 10.1. The van der Waals surface area contributed by atoms with Crippen LogP contribution in [0.25, 0.3) is 0 Å². The molecule has 0 aliphatic carbocycles. The minimum atomic E-state index is -0.229. The van der Waals surface area contributed by atoms with E-state index in [9.17, 15) is 4.39 Å². The molecular weight excluding hydrogens is 265 g/mol. The normalized spacial score (nSPS) is 12.2. The van der Waals surface area contributed by atoms with Gasteiger partial charge in [0.1, 0.15) is 18.2 Å². The van der Waals surface area contributed by atoms with Crippen molar-refractivity contribution in [3.05, 3.63) is 65.0 Å². The lowest BCUT2D eigenvalue weighted by atomic mass is 10.1. The largest absolute Gasteiger partial charge is 0.489 e. The van der Waals surface area contributed by atoms with E-state index in [-0.39, 0.29) is 12.4 Å². The molecule has 0 amide bonds. The molecule has 112 valence electrons. The van der Waals surface area contributed by atoms with Crippen molar-refractivity contribution in [2.45, 2.75) is 33.4 Å². The Balaban J connectivity index is 2.06. The number of ether oxygens (including phenoxy) is 1. The number of rotatable bonds is 6. The summed E-state index contributed by atoms with van der Waals surface area (Å²) in [6, 6.07) is 13.1. The summed E-state index contributed by atoms with van der Waals surface area (Å²) < 4.78 is 19.3. The molecule has 1 unspecified atom stereocenters. The van der Waals surface area contributed by atoms with Gasteiger partial charge in [-0.25, -0.2) is 4.39 Å². The number of hydrogen-bond donors (Lipinski definition) is 1. The highest BCUT2D eigenvalue weighted by Crippen LogP contribution is 2.24. The minimum Gasteiger partial charge on any atom is -0.489 e. The summed E-state index contributed by atoms with van der Waals surface area (Å²) in [4.78, 5) is 0. The molecule has 2 nitrogen and oxygen atoms in total. The summed E-state index contributed by atoms with van der Waals surface area (Å²) in [5, 5.41) is 3.38. The Morgan fingerprint density at radius 2 is 1.95 bits per heavy atom. The van der Waals surface area contributed by atoms with Crippen LogP contribution < -0.4 is 10.1 Å². The fourth-order valence-corrected chi connectivity index (χ4v) is 2.30. The highest BCUT2D eigenvalue weighted by molar-refractivity contribution is 5.37. The van der Waals surface area contributed by atoms with Crippen molar-refractivity contribution >= 4 is 0 Å². The molecule has 3 heteroatoms. The van der Waals surface area contributed by atoms with Crippen molar-refractivity contribution in [2.24, 2.45) is 0 Å². The summed E-state index contributed by atoms with van der Waals surface area (Å²) in [5.41, 5.74) is 2.86. The number of benzene rings is 2. The van der Waals surface area contributed by atoms with Crippen molar-refractivity contribution in [3.8, 4) is 5.75 Å². The fraction of sp³-hybridized carbons (Fsp3) is 0.333. The first-order valence-electron chi connectivity index (χ1n) is 7.32. The topological polar surface area (TPSA) is 21.3 Å². The van der Waals surface area contributed by atoms with E-state index in [0.29, 0.717) is 11.6 Å². The molecule has 1 N–H and O–H groups in total. The van der Waals surface area contributed by atoms with Crippen molar-refractivity contribution in [2.75, 3.05) is 6.54 Å². The maximum Gasteiger partial charge on any atom is 0.129 e. The molecule has 0 radical (unpaired) electrons. The number of aryl methyl sites for hydroxylation is 1. The van der Waals surface area contributed by atoms with E-state index >= 15 is 0 Å². The molecule has 0 spiro atoms. The highest BCUT2D eigenvalue weighted by atomic mass is 19.1. The van der Waals surface area contributed by atoms with Crippen molar-refractivity contribution in [1.82, 2.24) is 5.32 Å². The lowest BCUT2D eigenvalue weighted by molar-refractivity contribution is 0.297. The molecule has 2 aromatic rings. The van der Waals surface area contributed by atoms with Gasteiger partial charge in [0.2, 0.25) is 0 Å². The molecule has 0 aromatic heterocycles. The van der Waals surface area contributed by atoms with Gasteiger partial charge in [0, 0.05) is 11.6 Å². The lowest BCUT2D eigenvalue weighted by Crippen LogP contribution is -2.17.